The summed E-state index contributed by atoms with van der Waals surface area (Å²) in [5.74, 6) is 0.666. The lowest BCUT2D eigenvalue weighted by molar-refractivity contribution is 0.261. The van der Waals surface area contributed by atoms with Gasteiger partial charge in [-0.15, -0.1) is 0 Å². The summed E-state index contributed by atoms with van der Waals surface area (Å²) in [6.07, 6.45) is 3.77. The van der Waals surface area contributed by atoms with E-state index >= 15 is 0 Å². The molecule has 1 aromatic heterocycles. The van der Waals surface area contributed by atoms with Crippen molar-refractivity contribution >= 4 is 15.9 Å². The smallest absolute Gasteiger partial charge is 0.266 e. The zero-order valence-electron chi connectivity index (χ0n) is 7.24. The topological polar surface area (TPSA) is 34.9 Å². The Labute approximate surface area is 84.9 Å². The van der Waals surface area contributed by atoms with Gasteiger partial charge in [-0.2, -0.15) is 5.10 Å². The molecular formula is C9H11BrN2O. The fraction of sp³-hybridized carbons (Fsp3) is 0.556. The molecule has 2 rings (SSSR count). The Morgan fingerprint density at radius 3 is 2.92 bits per heavy atom. The fourth-order valence-electron chi connectivity index (χ4n) is 1.47. The van der Waals surface area contributed by atoms with Crippen LogP contribution in [-0.4, -0.2) is 9.78 Å². The van der Waals surface area contributed by atoms with Crippen molar-refractivity contribution in [1.82, 2.24) is 9.78 Å². The highest BCUT2D eigenvalue weighted by Crippen LogP contribution is 2.27. The van der Waals surface area contributed by atoms with E-state index < -0.39 is 0 Å². The van der Waals surface area contributed by atoms with E-state index in [2.05, 4.69) is 21.0 Å². The van der Waals surface area contributed by atoms with Gasteiger partial charge in [0.15, 0.2) is 0 Å². The molecule has 4 heteroatoms. The Morgan fingerprint density at radius 2 is 2.31 bits per heavy atom. The summed E-state index contributed by atoms with van der Waals surface area (Å²) in [7, 11) is 0. The molecule has 3 nitrogen and oxygen atoms in total. The van der Waals surface area contributed by atoms with Crippen LogP contribution in [0.4, 0.5) is 0 Å². The third-order valence-electron chi connectivity index (χ3n) is 2.49. The summed E-state index contributed by atoms with van der Waals surface area (Å²) in [5.41, 5.74) is -0.00454. The summed E-state index contributed by atoms with van der Waals surface area (Å²) < 4.78 is 2.28. The molecule has 1 aromatic rings. The second kappa shape index (κ2) is 3.62. The minimum atomic E-state index is -0.00454. The molecule has 0 N–H and O–H groups in total. The van der Waals surface area contributed by atoms with Gasteiger partial charge in [0, 0.05) is 12.6 Å². The van der Waals surface area contributed by atoms with E-state index in [0.717, 1.165) is 11.1 Å². The van der Waals surface area contributed by atoms with Gasteiger partial charge in [-0.3, -0.25) is 4.79 Å². The third-order valence-corrected chi connectivity index (χ3v) is 2.91. The highest BCUT2D eigenvalue weighted by molar-refractivity contribution is 9.10. The first-order valence-electron chi connectivity index (χ1n) is 4.49. The van der Waals surface area contributed by atoms with Crippen molar-refractivity contribution in [1.29, 1.82) is 0 Å². The fourth-order valence-corrected chi connectivity index (χ4v) is 1.80. The molecule has 0 aromatic carbocycles. The minimum Gasteiger partial charge on any atom is -0.268 e. The van der Waals surface area contributed by atoms with Crippen molar-refractivity contribution in [3.05, 3.63) is 27.1 Å². The van der Waals surface area contributed by atoms with E-state index in [4.69, 9.17) is 0 Å². The average molecular weight is 243 g/mol. The van der Waals surface area contributed by atoms with Crippen molar-refractivity contribution in [2.75, 3.05) is 0 Å². The summed E-state index contributed by atoms with van der Waals surface area (Å²) in [4.78, 5) is 11.3. The maximum absolute atomic E-state index is 11.3. The van der Waals surface area contributed by atoms with Crippen LogP contribution in [-0.2, 0) is 6.54 Å². The lowest BCUT2D eigenvalue weighted by Crippen LogP contribution is -2.28. The van der Waals surface area contributed by atoms with Crippen LogP contribution in [0.25, 0.3) is 0 Å². The van der Waals surface area contributed by atoms with Crippen LogP contribution in [0.3, 0.4) is 0 Å². The first-order chi connectivity index (χ1) is 6.25. The Kier molecular flexibility index (Phi) is 2.49. The predicted molar refractivity (Wildman–Crippen MR) is 53.5 cm³/mol. The number of aromatic nitrogens is 2. The number of hydrogen-bond acceptors (Lipinski definition) is 2. The summed E-state index contributed by atoms with van der Waals surface area (Å²) in [5, 5.41) is 4.12. The molecule has 1 fully saturated rings. The predicted octanol–water partition coefficient (Wildman–Crippen LogP) is 1.81. The SMILES string of the molecule is O=c1ccc(Br)nn1CC1CCC1. The molecule has 1 aliphatic rings. The third kappa shape index (κ3) is 1.99. The van der Waals surface area contributed by atoms with Crippen LogP contribution in [0.2, 0.25) is 0 Å². The molecule has 0 amide bonds. The van der Waals surface area contributed by atoms with Gasteiger partial charge in [0.1, 0.15) is 4.60 Å². The van der Waals surface area contributed by atoms with Gasteiger partial charge in [-0.1, -0.05) is 6.42 Å². The molecule has 0 saturated heterocycles. The van der Waals surface area contributed by atoms with Crippen molar-refractivity contribution in [2.45, 2.75) is 25.8 Å². The first-order valence-corrected chi connectivity index (χ1v) is 5.28. The Hall–Kier alpha value is -0.640. The molecule has 0 unspecified atom stereocenters. The Morgan fingerprint density at radius 1 is 1.54 bits per heavy atom. The summed E-state index contributed by atoms with van der Waals surface area (Å²) in [6, 6.07) is 3.23. The minimum absolute atomic E-state index is 0.00454. The number of rotatable bonds is 2. The van der Waals surface area contributed by atoms with Crippen LogP contribution in [0.1, 0.15) is 19.3 Å². The maximum Gasteiger partial charge on any atom is 0.266 e. The van der Waals surface area contributed by atoms with Gasteiger partial charge in [-0.25, -0.2) is 4.68 Å². The van der Waals surface area contributed by atoms with E-state index in [9.17, 15) is 4.79 Å². The lowest BCUT2D eigenvalue weighted by atomic mass is 9.85. The molecule has 1 aliphatic carbocycles. The highest BCUT2D eigenvalue weighted by Gasteiger charge is 2.18. The van der Waals surface area contributed by atoms with Crippen LogP contribution in [0, 0.1) is 5.92 Å². The molecule has 0 bridgehead atoms. The van der Waals surface area contributed by atoms with Crippen molar-refractivity contribution in [2.24, 2.45) is 5.92 Å². The summed E-state index contributed by atoms with van der Waals surface area (Å²) >= 11 is 3.26. The van der Waals surface area contributed by atoms with Crippen LogP contribution in [0.15, 0.2) is 21.5 Å². The highest BCUT2D eigenvalue weighted by atomic mass is 79.9. The zero-order chi connectivity index (χ0) is 9.26. The van der Waals surface area contributed by atoms with Gasteiger partial charge in [0.2, 0.25) is 0 Å². The van der Waals surface area contributed by atoms with Crippen LogP contribution < -0.4 is 5.56 Å². The molecule has 0 spiro atoms. The number of halogens is 1. The normalized spacial score (nSPS) is 17.0. The molecule has 0 atom stereocenters. The summed E-state index contributed by atoms with van der Waals surface area (Å²) in [6.45, 7) is 0.776. The number of hydrogen-bond donors (Lipinski definition) is 0. The first kappa shape index (κ1) is 8.94. The average Bonchev–Trinajstić information content (AvgIpc) is 2.03. The monoisotopic (exact) mass is 242 g/mol. The Balaban J connectivity index is 2.17. The van der Waals surface area contributed by atoms with Crippen LogP contribution in [0.5, 0.6) is 0 Å². The van der Waals surface area contributed by atoms with Gasteiger partial charge in [-0.05, 0) is 40.8 Å². The maximum atomic E-state index is 11.3. The van der Waals surface area contributed by atoms with Crippen LogP contribution >= 0.6 is 15.9 Å². The van der Waals surface area contributed by atoms with Gasteiger partial charge in [0.05, 0.1) is 0 Å². The largest absolute Gasteiger partial charge is 0.268 e. The van der Waals surface area contributed by atoms with Crippen molar-refractivity contribution in [3.63, 3.8) is 0 Å². The molecule has 0 radical (unpaired) electrons. The molecule has 1 saturated carbocycles. The van der Waals surface area contributed by atoms with Gasteiger partial charge >= 0.3 is 0 Å². The quantitative estimate of drug-likeness (QED) is 0.793. The lowest BCUT2D eigenvalue weighted by Gasteiger charge is -2.25. The van der Waals surface area contributed by atoms with E-state index in [0.29, 0.717) is 5.92 Å². The second-order valence-corrected chi connectivity index (χ2v) is 4.29. The number of nitrogens with zero attached hydrogens (tertiary/aromatic N) is 2. The van der Waals surface area contributed by atoms with Crippen molar-refractivity contribution in [3.8, 4) is 0 Å². The van der Waals surface area contributed by atoms with E-state index in [1.165, 1.54) is 19.3 Å². The molecule has 0 aliphatic heterocycles. The second-order valence-electron chi connectivity index (χ2n) is 3.47. The standard InChI is InChI=1S/C9H11BrN2O/c10-8-4-5-9(13)12(11-8)6-7-2-1-3-7/h4-5,7H,1-3,6H2. The van der Waals surface area contributed by atoms with E-state index in [1.54, 1.807) is 16.8 Å². The molecular weight excluding hydrogens is 232 g/mol. The molecule has 1 heterocycles. The van der Waals surface area contributed by atoms with Gasteiger partial charge < -0.3 is 0 Å². The van der Waals surface area contributed by atoms with E-state index in [1.807, 2.05) is 0 Å². The molecule has 13 heavy (non-hydrogen) atoms. The molecule has 70 valence electrons. The Bertz CT molecular complexity index is 357. The zero-order valence-corrected chi connectivity index (χ0v) is 8.83. The van der Waals surface area contributed by atoms with E-state index in [-0.39, 0.29) is 5.56 Å². The van der Waals surface area contributed by atoms with Crippen molar-refractivity contribution < 1.29 is 0 Å². The van der Waals surface area contributed by atoms with Gasteiger partial charge in [0.25, 0.3) is 5.56 Å².